The number of nitrogens with zero attached hydrogens (tertiary/aromatic N) is 2. The van der Waals surface area contributed by atoms with Crippen molar-refractivity contribution in [3.05, 3.63) is 41.3 Å². The molecule has 1 amide bonds. The lowest BCUT2D eigenvalue weighted by Crippen LogP contribution is -2.34. The third kappa shape index (κ3) is 5.09. The van der Waals surface area contributed by atoms with Crippen LogP contribution in [0.5, 0.6) is 0 Å². The summed E-state index contributed by atoms with van der Waals surface area (Å²) in [6.07, 6.45) is 5.13. The molecule has 1 aromatic heterocycles. The van der Waals surface area contributed by atoms with E-state index in [2.05, 4.69) is 10.3 Å². The van der Waals surface area contributed by atoms with Crippen molar-refractivity contribution >= 4 is 23.3 Å². The standard InChI is InChI=1S/C13H17ClN4O/c1-10(14)9-17-8-5-12(19)18(2)13(15)11-3-6-16-7-4-11/h3-4,6-7,9,15,17H,5,8H2,1-2H3/b10-9+,15-13?. The number of carbonyl (C=O) groups is 1. The molecule has 0 radical (unpaired) electrons. The van der Waals surface area contributed by atoms with Crippen LogP contribution in [0, 0.1) is 5.41 Å². The van der Waals surface area contributed by atoms with Gasteiger partial charge in [0.2, 0.25) is 5.91 Å². The number of amidine groups is 1. The molecule has 0 aromatic carbocycles. The van der Waals surface area contributed by atoms with E-state index in [0.29, 0.717) is 23.6 Å². The molecular weight excluding hydrogens is 264 g/mol. The number of hydrogen-bond acceptors (Lipinski definition) is 4. The van der Waals surface area contributed by atoms with Gasteiger partial charge >= 0.3 is 0 Å². The first-order chi connectivity index (χ1) is 9.02. The van der Waals surface area contributed by atoms with Gasteiger partial charge in [-0.1, -0.05) is 11.6 Å². The van der Waals surface area contributed by atoms with Gasteiger partial charge in [0.1, 0.15) is 5.84 Å². The Morgan fingerprint density at radius 2 is 2.16 bits per heavy atom. The number of rotatable bonds is 5. The molecule has 0 aliphatic rings. The number of nitrogens with one attached hydrogen (secondary N) is 2. The van der Waals surface area contributed by atoms with Gasteiger partial charge in [-0.15, -0.1) is 0 Å². The van der Waals surface area contributed by atoms with Crippen molar-refractivity contribution in [1.82, 2.24) is 15.2 Å². The van der Waals surface area contributed by atoms with Crippen molar-refractivity contribution in [2.75, 3.05) is 13.6 Å². The molecule has 0 bridgehead atoms. The maximum absolute atomic E-state index is 11.9. The SMILES string of the molecule is C/C(Cl)=C\NCCC(=O)N(C)C(=N)c1ccncc1. The molecule has 19 heavy (non-hydrogen) atoms. The Bertz CT molecular complexity index is 469. The van der Waals surface area contributed by atoms with Gasteiger partial charge in [0.15, 0.2) is 0 Å². The Morgan fingerprint density at radius 3 is 2.74 bits per heavy atom. The molecule has 2 N–H and O–H groups in total. The smallest absolute Gasteiger partial charge is 0.229 e. The number of pyridine rings is 1. The summed E-state index contributed by atoms with van der Waals surface area (Å²) >= 11 is 5.65. The van der Waals surface area contributed by atoms with Crippen molar-refractivity contribution in [3.63, 3.8) is 0 Å². The highest BCUT2D eigenvalue weighted by Gasteiger charge is 2.14. The first-order valence-corrected chi connectivity index (χ1v) is 6.21. The number of aromatic nitrogens is 1. The molecule has 1 heterocycles. The van der Waals surface area contributed by atoms with E-state index in [1.807, 2.05) is 0 Å². The van der Waals surface area contributed by atoms with E-state index in [9.17, 15) is 4.79 Å². The van der Waals surface area contributed by atoms with Crippen molar-refractivity contribution in [3.8, 4) is 0 Å². The van der Waals surface area contributed by atoms with Crippen LogP contribution in [0.3, 0.4) is 0 Å². The van der Waals surface area contributed by atoms with Crippen LogP contribution >= 0.6 is 11.6 Å². The first kappa shape index (κ1) is 15.2. The average Bonchev–Trinajstić information content (AvgIpc) is 2.42. The second-order valence-electron chi connectivity index (χ2n) is 3.97. The molecule has 0 aliphatic carbocycles. The van der Waals surface area contributed by atoms with Crippen LogP contribution in [0.1, 0.15) is 18.9 Å². The lowest BCUT2D eigenvalue weighted by molar-refractivity contribution is -0.126. The zero-order valence-corrected chi connectivity index (χ0v) is 11.7. The predicted molar refractivity (Wildman–Crippen MR) is 76.1 cm³/mol. The minimum atomic E-state index is -0.130. The number of hydrogen-bond donors (Lipinski definition) is 2. The zero-order chi connectivity index (χ0) is 14.3. The topological polar surface area (TPSA) is 69.1 Å². The third-order valence-electron chi connectivity index (χ3n) is 2.45. The minimum Gasteiger partial charge on any atom is -0.389 e. The number of allylic oxidation sites excluding steroid dienone is 1. The van der Waals surface area contributed by atoms with Gasteiger partial charge in [0.05, 0.1) is 0 Å². The summed E-state index contributed by atoms with van der Waals surface area (Å²) in [6, 6.07) is 3.40. The maximum atomic E-state index is 11.9. The van der Waals surface area contributed by atoms with Crippen molar-refractivity contribution in [1.29, 1.82) is 5.41 Å². The Morgan fingerprint density at radius 1 is 1.53 bits per heavy atom. The fraction of sp³-hybridized carbons (Fsp3) is 0.308. The Kier molecular flexibility index (Phi) is 6.02. The molecule has 6 heteroatoms. The van der Waals surface area contributed by atoms with E-state index in [-0.39, 0.29) is 11.7 Å². The fourth-order valence-electron chi connectivity index (χ4n) is 1.39. The molecule has 0 fully saturated rings. The zero-order valence-electron chi connectivity index (χ0n) is 11.0. The van der Waals surface area contributed by atoms with E-state index in [4.69, 9.17) is 17.0 Å². The average molecular weight is 281 g/mol. The summed E-state index contributed by atoms with van der Waals surface area (Å²) < 4.78 is 0. The summed E-state index contributed by atoms with van der Waals surface area (Å²) in [5.41, 5.74) is 0.662. The van der Waals surface area contributed by atoms with Crippen LogP contribution in [0.15, 0.2) is 35.8 Å². The van der Waals surface area contributed by atoms with Crippen LogP contribution in [-0.2, 0) is 4.79 Å². The summed E-state index contributed by atoms with van der Waals surface area (Å²) in [6.45, 7) is 2.23. The van der Waals surface area contributed by atoms with Crippen LogP contribution in [0.4, 0.5) is 0 Å². The van der Waals surface area contributed by atoms with Gasteiger partial charge in [-0.2, -0.15) is 0 Å². The van der Waals surface area contributed by atoms with E-state index >= 15 is 0 Å². The molecule has 0 aliphatic heterocycles. The number of halogens is 1. The molecule has 0 unspecified atom stereocenters. The highest BCUT2D eigenvalue weighted by Crippen LogP contribution is 2.03. The lowest BCUT2D eigenvalue weighted by atomic mass is 10.2. The second kappa shape index (κ2) is 7.53. The highest BCUT2D eigenvalue weighted by atomic mass is 35.5. The van der Waals surface area contributed by atoms with Crippen LogP contribution in [0.25, 0.3) is 0 Å². The van der Waals surface area contributed by atoms with Gasteiger partial charge in [-0.05, 0) is 19.1 Å². The molecule has 1 aromatic rings. The summed E-state index contributed by atoms with van der Waals surface area (Å²) in [5, 5.41) is 11.5. The van der Waals surface area contributed by atoms with E-state index in [1.165, 1.54) is 4.90 Å². The largest absolute Gasteiger partial charge is 0.389 e. The van der Waals surface area contributed by atoms with Crippen molar-refractivity contribution in [2.45, 2.75) is 13.3 Å². The number of amides is 1. The fourth-order valence-corrected chi connectivity index (χ4v) is 1.46. The maximum Gasteiger partial charge on any atom is 0.229 e. The van der Waals surface area contributed by atoms with E-state index in [0.717, 1.165) is 0 Å². The first-order valence-electron chi connectivity index (χ1n) is 5.83. The molecule has 1 rings (SSSR count). The summed E-state index contributed by atoms with van der Waals surface area (Å²) in [4.78, 5) is 17.1. The van der Waals surface area contributed by atoms with Crippen LogP contribution in [-0.4, -0.2) is 35.2 Å². The number of carbonyl (C=O) groups excluding carboxylic acids is 1. The Balaban J connectivity index is 2.49. The molecule has 0 saturated carbocycles. The third-order valence-corrected chi connectivity index (χ3v) is 2.56. The summed E-state index contributed by atoms with van der Waals surface area (Å²) in [5.74, 6) is 0.0337. The van der Waals surface area contributed by atoms with E-state index in [1.54, 1.807) is 44.7 Å². The van der Waals surface area contributed by atoms with Crippen LogP contribution < -0.4 is 5.32 Å². The molecule has 0 spiro atoms. The van der Waals surface area contributed by atoms with Gasteiger partial charge in [0, 0.05) is 49.2 Å². The molecule has 0 atom stereocenters. The quantitative estimate of drug-likeness (QED) is 0.492. The molecule has 102 valence electrons. The molecule has 5 nitrogen and oxygen atoms in total. The lowest BCUT2D eigenvalue weighted by Gasteiger charge is -2.18. The monoisotopic (exact) mass is 280 g/mol. The van der Waals surface area contributed by atoms with Gasteiger partial charge in [0.25, 0.3) is 0 Å². The highest BCUT2D eigenvalue weighted by molar-refractivity contribution is 6.29. The van der Waals surface area contributed by atoms with Crippen LogP contribution in [0.2, 0.25) is 0 Å². The second-order valence-corrected chi connectivity index (χ2v) is 4.57. The summed E-state index contributed by atoms with van der Waals surface area (Å²) in [7, 11) is 1.59. The predicted octanol–water partition coefficient (Wildman–Crippen LogP) is 1.95. The Hall–Kier alpha value is -1.88. The van der Waals surface area contributed by atoms with Gasteiger partial charge in [-0.25, -0.2) is 0 Å². The molecular formula is C13H17ClN4O. The van der Waals surface area contributed by atoms with Crippen molar-refractivity contribution in [2.24, 2.45) is 0 Å². The van der Waals surface area contributed by atoms with Gasteiger partial charge < -0.3 is 5.32 Å². The Labute approximate surface area is 117 Å². The minimum absolute atomic E-state index is 0.130. The normalized spacial score (nSPS) is 11.0. The van der Waals surface area contributed by atoms with Crippen molar-refractivity contribution < 1.29 is 4.79 Å². The molecule has 0 saturated heterocycles. The van der Waals surface area contributed by atoms with Gasteiger partial charge in [-0.3, -0.25) is 20.1 Å². The van der Waals surface area contributed by atoms with E-state index < -0.39 is 0 Å².